The number of rotatable bonds is 6. The van der Waals surface area contributed by atoms with Gasteiger partial charge in [-0.05, 0) is 31.0 Å². The Bertz CT molecular complexity index is 392. The average molecular weight is 237 g/mol. The molecule has 0 heterocycles. The Morgan fingerprint density at radius 1 is 1.53 bits per heavy atom. The highest BCUT2D eigenvalue weighted by atomic mass is 16.5. The molecule has 0 aromatic heterocycles. The molecule has 1 aromatic carbocycles. The third-order valence-corrected chi connectivity index (χ3v) is 3.00. The van der Waals surface area contributed by atoms with Gasteiger partial charge in [-0.15, -0.1) is 0 Å². The summed E-state index contributed by atoms with van der Waals surface area (Å²) in [6.45, 7) is 4.05. The second-order valence-electron chi connectivity index (χ2n) is 4.20. The van der Waals surface area contributed by atoms with E-state index in [-0.39, 0.29) is 0 Å². The lowest BCUT2D eigenvalue weighted by molar-refractivity contribution is -0.144. The van der Waals surface area contributed by atoms with E-state index in [1.807, 2.05) is 31.2 Å². The minimum atomic E-state index is -0.886. The third-order valence-electron chi connectivity index (χ3n) is 3.00. The van der Waals surface area contributed by atoms with E-state index in [0.717, 1.165) is 11.3 Å². The number of carbonyl (C=O) groups is 1. The Morgan fingerprint density at radius 3 is 2.76 bits per heavy atom. The predicted molar refractivity (Wildman–Crippen MR) is 66.2 cm³/mol. The minimum absolute atomic E-state index is 0.508. The van der Waals surface area contributed by atoms with E-state index >= 15 is 0 Å². The number of hydrogen-bond acceptors (Lipinski definition) is 3. The second-order valence-corrected chi connectivity index (χ2v) is 4.20. The van der Waals surface area contributed by atoms with Crippen molar-refractivity contribution < 1.29 is 14.6 Å². The van der Waals surface area contributed by atoms with Crippen LogP contribution >= 0.6 is 0 Å². The van der Waals surface area contributed by atoms with Gasteiger partial charge in [0.2, 0.25) is 0 Å². The molecule has 94 valence electrons. The minimum Gasteiger partial charge on any atom is -0.497 e. The largest absolute Gasteiger partial charge is 0.497 e. The maximum absolute atomic E-state index is 11.1. The monoisotopic (exact) mass is 237 g/mol. The molecule has 0 aliphatic rings. The third kappa shape index (κ3) is 3.46. The predicted octanol–water partition coefficient (Wildman–Crippen LogP) is 2.04. The number of benzene rings is 1. The molecule has 1 unspecified atom stereocenters. The summed E-state index contributed by atoms with van der Waals surface area (Å²) in [6, 6.07) is 7.58. The van der Waals surface area contributed by atoms with E-state index in [1.165, 1.54) is 0 Å². The molecular weight excluding hydrogens is 218 g/mol. The van der Waals surface area contributed by atoms with Crippen LogP contribution in [0.4, 0.5) is 0 Å². The zero-order valence-corrected chi connectivity index (χ0v) is 10.5. The van der Waals surface area contributed by atoms with Gasteiger partial charge in [0.05, 0.1) is 7.11 Å². The topological polar surface area (TPSA) is 58.6 Å². The van der Waals surface area contributed by atoms with Gasteiger partial charge in [0.15, 0.2) is 0 Å². The Kier molecular flexibility index (Phi) is 4.52. The summed E-state index contributed by atoms with van der Waals surface area (Å²) in [5.41, 5.74) is 0.119. The van der Waals surface area contributed by atoms with Gasteiger partial charge in [0.1, 0.15) is 11.3 Å². The Balaban J connectivity index is 2.69. The molecule has 1 aromatic rings. The molecule has 0 spiro atoms. The summed E-state index contributed by atoms with van der Waals surface area (Å²) in [4.78, 5) is 11.1. The van der Waals surface area contributed by atoms with E-state index < -0.39 is 11.5 Å². The van der Waals surface area contributed by atoms with Crippen LogP contribution in [0.5, 0.6) is 5.75 Å². The first-order valence-corrected chi connectivity index (χ1v) is 5.63. The van der Waals surface area contributed by atoms with Gasteiger partial charge in [-0.2, -0.15) is 0 Å². The van der Waals surface area contributed by atoms with Crippen LogP contribution in [0.15, 0.2) is 24.3 Å². The van der Waals surface area contributed by atoms with E-state index in [9.17, 15) is 4.79 Å². The van der Waals surface area contributed by atoms with Crippen molar-refractivity contribution in [2.45, 2.75) is 32.4 Å². The number of aliphatic carboxylic acids is 1. The van der Waals surface area contributed by atoms with Crippen LogP contribution in [0, 0.1) is 0 Å². The van der Waals surface area contributed by atoms with Gasteiger partial charge < -0.3 is 9.84 Å². The number of hydrogen-bond donors (Lipinski definition) is 2. The van der Waals surface area contributed by atoms with Crippen LogP contribution in [0.2, 0.25) is 0 Å². The summed E-state index contributed by atoms with van der Waals surface area (Å²) in [6.07, 6.45) is 0.534. The Hall–Kier alpha value is -1.55. The molecular formula is C13H19NO3. The summed E-state index contributed by atoms with van der Waals surface area (Å²) in [5.74, 6) is -0.0549. The molecule has 0 saturated carbocycles. The molecule has 4 nitrogen and oxygen atoms in total. The Morgan fingerprint density at radius 2 is 2.24 bits per heavy atom. The van der Waals surface area contributed by atoms with Crippen molar-refractivity contribution >= 4 is 5.97 Å². The molecule has 0 fully saturated rings. The van der Waals surface area contributed by atoms with E-state index in [4.69, 9.17) is 9.84 Å². The van der Waals surface area contributed by atoms with Crippen LogP contribution in [0.1, 0.15) is 25.8 Å². The quantitative estimate of drug-likeness (QED) is 0.795. The standard InChI is InChI=1S/C13H19NO3/c1-4-13(2,12(15)16)14-9-10-6-5-7-11(8-10)17-3/h5-8,14H,4,9H2,1-3H3,(H,15,16). The summed E-state index contributed by atoms with van der Waals surface area (Å²) < 4.78 is 5.12. The number of carboxylic acid groups (broad SMARTS) is 1. The van der Waals surface area contributed by atoms with Crippen LogP contribution in [0.25, 0.3) is 0 Å². The van der Waals surface area contributed by atoms with Crippen molar-refractivity contribution in [1.29, 1.82) is 0 Å². The average Bonchev–Trinajstić information content (AvgIpc) is 2.36. The smallest absolute Gasteiger partial charge is 0.323 e. The van der Waals surface area contributed by atoms with E-state index in [2.05, 4.69) is 5.32 Å². The zero-order valence-electron chi connectivity index (χ0n) is 10.5. The van der Waals surface area contributed by atoms with E-state index in [1.54, 1.807) is 14.0 Å². The van der Waals surface area contributed by atoms with Crippen LogP contribution in [-0.2, 0) is 11.3 Å². The SMILES string of the molecule is CCC(C)(NCc1cccc(OC)c1)C(=O)O. The van der Waals surface area contributed by atoms with Crippen molar-refractivity contribution in [2.24, 2.45) is 0 Å². The van der Waals surface area contributed by atoms with Gasteiger partial charge >= 0.3 is 5.97 Å². The molecule has 0 radical (unpaired) electrons. The molecule has 0 amide bonds. The van der Waals surface area contributed by atoms with Crippen molar-refractivity contribution in [3.63, 3.8) is 0 Å². The van der Waals surface area contributed by atoms with Crippen LogP contribution < -0.4 is 10.1 Å². The zero-order chi connectivity index (χ0) is 12.9. The van der Waals surface area contributed by atoms with Crippen molar-refractivity contribution in [1.82, 2.24) is 5.32 Å². The van der Waals surface area contributed by atoms with Crippen LogP contribution in [-0.4, -0.2) is 23.7 Å². The molecule has 0 aliphatic heterocycles. The maximum atomic E-state index is 11.1. The number of ether oxygens (including phenoxy) is 1. The lowest BCUT2D eigenvalue weighted by Crippen LogP contribution is -2.48. The first kappa shape index (κ1) is 13.5. The highest BCUT2D eigenvalue weighted by Crippen LogP contribution is 2.15. The Labute approximate surface area is 102 Å². The van der Waals surface area contributed by atoms with Gasteiger partial charge in [-0.25, -0.2) is 0 Å². The molecule has 17 heavy (non-hydrogen) atoms. The van der Waals surface area contributed by atoms with Crippen molar-refractivity contribution in [3.05, 3.63) is 29.8 Å². The van der Waals surface area contributed by atoms with Gasteiger partial charge in [0, 0.05) is 6.54 Å². The van der Waals surface area contributed by atoms with Crippen molar-refractivity contribution in [2.75, 3.05) is 7.11 Å². The normalized spacial score (nSPS) is 14.1. The number of carboxylic acids is 1. The molecule has 1 atom stereocenters. The second kappa shape index (κ2) is 5.68. The van der Waals surface area contributed by atoms with Gasteiger partial charge in [-0.1, -0.05) is 19.1 Å². The molecule has 1 rings (SSSR count). The maximum Gasteiger partial charge on any atom is 0.323 e. The molecule has 0 saturated heterocycles. The first-order valence-electron chi connectivity index (χ1n) is 5.63. The highest BCUT2D eigenvalue weighted by Gasteiger charge is 2.29. The summed E-state index contributed by atoms with van der Waals surface area (Å²) in [7, 11) is 1.61. The molecule has 2 N–H and O–H groups in total. The number of nitrogens with one attached hydrogen (secondary N) is 1. The highest BCUT2D eigenvalue weighted by molar-refractivity contribution is 5.78. The molecule has 0 aliphatic carbocycles. The van der Waals surface area contributed by atoms with E-state index in [0.29, 0.717) is 13.0 Å². The molecule has 4 heteroatoms. The fourth-order valence-electron chi connectivity index (χ4n) is 1.43. The fourth-order valence-corrected chi connectivity index (χ4v) is 1.43. The van der Waals surface area contributed by atoms with Gasteiger partial charge in [-0.3, -0.25) is 10.1 Å². The summed E-state index contributed by atoms with van der Waals surface area (Å²) >= 11 is 0. The lowest BCUT2D eigenvalue weighted by Gasteiger charge is -2.24. The van der Waals surface area contributed by atoms with Gasteiger partial charge in [0.25, 0.3) is 0 Å². The van der Waals surface area contributed by atoms with Crippen LogP contribution in [0.3, 0.4) is 0 Å². The first-order chi connectivity index (χ1) is 8.01. The fraction of sp³-hybridized carbons (Fsp3) is 0.462. The number of methoxy groups -OCH3 is 1. The lowest BCUT2D eigenvalue weighted by atomic mass is 9.99. The molecule has 0 bridgehead atoms. The van der Waals surface area contributed by atoms with Crippen molar-refractivity contribution in [3.8, 4) is 5.75 Å². The summed E-state index contributed by atoms with van der Waals surface area (Å²) in [5, 5.41) is 12.2.